The standard InChI is InChI=1S/C15H14ClN3OS/c1-11(12-3-2-8-17-9-12)18-19-15(20)10-21-14-6-4-13(16)5-7-14/h2-9H,10H2,1H3,(H,19,20)/b18-11+. The van der Waals surface area contributed by atoms with Crippen LogP contribution in [0.15, 0.2) is 58.8 Å². The normalized spacial score (nSPS) is 11.2. The van der Waals surface area contributed by atoms with Gasteiger partial charge in [-0.1, -0.05) is 17.7 Å². The van der Waals surface area contributed by atoms with Crippen molar-refractivity contribution >= 4 is 35.0 Å². The highest BCUT2D eigenvalue weighted by Gasteiger charge is 2.03. The smallest absolute Gasteiger partial charge is 0.250 e. The van der Waals surface area contributed by atoms with Crippen LogP contribution in [0.5, 0.6) is 0 Å². The zero-order valence-electron chi connectivity index (χ0n) is 11.4. The lowest BCUT2D eigenvalue weighted by Gasteiger charge is -2.03. The van der Waals surface area contributed by atoms with E-state index in [0.29, 0.717) is 16.5 Å². The van der Waals surface area contributed by atoms with Gasteiger partial charge >= 0.3 is 0 Å². The van der Waals surface area contributed by atoms with Gasteiger partial charge in [0.2, 0.25) is 5.91 Å². The van der Waals surface area contributed by atoms with Crippen molar-refractivity contribution in [3.8, 4) is 0 Å². The molecule has 0 aliphatic rings. The highest BCUT2D eigenvalue weighted by Crippen LogP contribution is 2.19. The zero-order valence-corrected chi connectivity index (χ0v) is 13.0. The Morgan fingerprint density at radius 3 is 2.76 bits per heavy atom. The maximum Gasteiger partial charge on any atom is 0.250 e. The van der Waals surface area contributed by atoms with Crippen LogP contribution in [-0.4, -0.2) is 22.4 Å². The molecule has 0 atom stereocenters. The Hall–Kier alpha value is -1.85. The third-order valence-corrected chi connectivity index (χ3v) is 3.88. The van der Waals surface area contributed by atoms with Crippen LogP contribution in [0.1, 0.15) is 12.5 Å². The number of pyridine rings is 1. The second kappa shape index (κ2) is 7.81. The number of thioether (sulfide) groups is 1. The molecule has 1 aromatic carbocycles. The van der Waals surface area contributed by atoms with Gasteiger partial charge in [-0.25, -0.2) is 5.43 Å². The number of carbonyl (C=O) groups is 1. The van der Waals surface area contributed by atoms with Crippen molar-refractivity contribution < 1.29 is 4.79 Å². The number of nitrogens with one attached hydrogen (secondary N) is 1. The minimum Gasteiger partial charge on any atom is -0.272 e. The Morgan fingerprint density at radius 1 is 1.33 bits per heavy atom. The average Bonchev–Trinajstić information content (AvgIpc) is 2.53. The zero-order chi connectivity index (χ0) is 15.1. The first kappa shape index (κ1) is 15.5. The Kier molecular flexibility index (Phi) is 5.78. The van der Waals surface area contributed by atoms with Crippen LogP contribution in [0.4, 0.5) is 0 Å². The third kappa shape index (κ3) is 5.21. The summed E-state index contributed by atoms with van der Waals surface area (Å²) < 4.78 is 0. The van der Waals surface area contributed by atoms with Gasteiger partial charge in [-0.15, -0.1) is 11.8 Å². The minimum absolute atomic E-state index is 0.154. The van der Waals surface area contributed by atoms with E-state index in [2.05, 4.69) is 15.5 Å². The number of rotatable bonds is 5. The molecule has 6 heteroatoms. The van der Waals surface area contributed by atoms with Crippen molar-refractivity contribution in [1.29, 1.82) is 0 Å². The van der Waals surface area contributed by atoms with Crippen LogP contribution in [0, 0.1) is 0 Å². The van der Waals surface area contributed by atoms with Crippen molar-refractivity contribution in [3.05, 3.63) is 59.4 Å². The predicted molar refractivity (Wildman–Crippen MR) is 86.8 cm³/mol. The second-order valence-corrected chi connectivity index (χ2v) is 5.70. The molecule has 0 radical (unpaired) electrons. The fourth-order valence-electron chi connectivity index (χ4n) is 1.50. The van der Waals surface area contributed by atoms with Crippen LogP contribution in [0.25, 0.3) is 0 Å². The first-order chi connectivity index (χ1) is 10.1. The van der Waals surface area contributed by atoms with E-state index in [0.717, 1.165) is 10.5 Å². The monoisotopic (exact) mass is 319 g/mol. The average molecular weight is 320 g/mol. The molecule has 0 saturated carbocycles. The molecule has 4 nitrogen and oxygen atoms in total. The van der Waals surface area contributed by atoms with E-state index in [1.54, 1.807) is 24.5 Å². The van der Waals surface area contributed by atoms with Gasteiger partial charge in [-0.2, -0.15) is 5.10 Å². The van der Waals surface area contributed by atoms with E-state index in [4.69, 9.17) is 11.6 Å². The molecule has 0 bridgehead atoms. The summed E-state index contributed by atoms with van der Waals surface area (Å²) in [7, 11) is 0. The molecule has 0 saturated heterocycles. The van der Waals surface area contributed by atoms with Gasteiger partial charge in [0, 0.05) is 27.9 Å². The van der Waals surface area contributed by atoms with Gasteiger partial charge < -0.3 is 0 Å². The van der Waals surface area contributed by atoms with Crippen molar-refractivity contribution in [2.24, 2.45) is 5.10 Å². The number of benzene rings is 1. The van der Waals surface area contributed by atoms with Crippen LogP contribution < -0.4 is 5.43 Å². The first-order valence-corrected chi connectivity index (χ1v) is 7.63. The molecule has 108 valence electrons. The fourth-order valence-corrected chi connectivity index (χ4v) is 2.32. The van der Waals surface area contributed by atoms with Crippen LogP contribution in [-0.2, 0) is 4.79 Å². The highest BCUT2D eigenvalue weighted by molar-refractivity contribution is 8.00. The number of amides is 1. The van der Waals surface area contributed by atoms with Gasteiger partial charge in [0.25, 0.3) is 0 Å². The Bertz CT molecular complexity index is 629. The van der Waals surface area contributed by atoms with E-state index >= 15 is 0 Å². The second-order valence-electron chi connectivity index (χ2n) is 4.22. The number of nitrogens with zero attached hydrogens (tertiary/aromatic N) is 2. The summed E-state index contributed by atoms with van der Waals surface area (Å²) in [6.45, 7) is 1.82. The molecule has 0 aliphatic carbocycles. The van der Waals surface area contributed by atoms with Crippen LogP contribution in [0.2, 0.25) is 5.02 Å². The van der Waals surface area contributed by atoms with E-state index < -0.39 is 0 Å². The Balaban J connectivity index is 1.83. The summed E-state index contributed by atoms with van der Waals surface area (Å²) in [6.07, 6.45) is 3.39. The summed E-state index contributed by atoms with van der Waals surface area (Å²) in [5.41, 5.74) is 4.13. The lowest BCUT2D eigenvalue weighted by Crippen LogP contribution is -2.21. The van der Waals surface area contributed by atoms with Crippen LogP contribution >= 0.6 is 23.4 Å². The molecule has 2 rings (SSSR count). The SMILES string of the molecule is C/C(=N\NC(=O)CSc1ccc(Cl)cc1)c1cccnc1. The predicted octanol–water partition coefficient (Wildman–Crippen LogP) is 3.37. The summed E-state index contributed by atoms with van der Waals surface area (Å²) >= 11 is 7.24. The molecule has 21 heavy (non-hydrogen) atoms. The van der Waals surface area contributed by atoms with Crippen molar-refractivity contribution in [1.82, 2.24) is 10.4 Å². The quantitative estimate of drug-likeness (QED) is 0.522. The topological polar surface area (TPSA) is 54.4 Å². The number of hydrogen-bond donors (Lipinski definition) is 1. The lowest BCUT2D eigenvalue weighted by atomic mass is 10.2. The van der Waals surface area contributed by atoms with Gasteiger partial charge in [-0.05, 0) is 37.3 Å². The molecule has 0 fully saturated rings. The Morgan fingerprint density at radius 2 is 2.10 bits per heavy atom. The van der Waals surface area contributed by atoms with E-state index in [9.17, 15) is 4.79 Å². The van der Waals surface area contributed by atoms with E-state index in [1.165, 1.54) is 11.8 Å². The molecular formula is C15H14ClN3OS. The van der Waals surface area contributed by atoms with Gasteiger partial charge in [-0.3, -0.25) is 9.78 Å². The summed E-state index contributed by atoms with van der Waals surface area (Å²) in [4.78, 5) is 16.7. The molecule has 0 aliphatic heterocycles. The number of hydrogen-bond acceptors (Lipinski definition) is 4. The molecule has 0 unspecified atom stereocenters. The summed E-state index contributed by atoms with van der Waals surface area (Å²) in [5.74, 6) is 0.143. The number of aromatic nitrogens is 1. The summed E-state index contributed by atoms with van der Waals surface area (Å²) in [5, 5.41) is 4.74. The van der Waals surface area contributed by atoms with E-state index in [-0.39, 0.29) is 5.91 Å². The number of hydrazone groups is 1. The Labute approximate surface area is 132 Å². The molecule has 1 heterocycles. The number of carbonyl (C=O) groups excluding carboxylic acids is 1. The lowest BCUT2D eigenvalue weighted by molar-refractivity contribution is -0.118. The largest absolute Gasteiger partial charge is 0.272 e. The first-order valence-electron chi connectivity index (χ1n) is 6.27. The molecular weight excluding hydrogens is 306 g/mol. The van der Waals surface area contributed by atoms with Gasteiger partial charge in [0.05, 0.1) is 11.5 Å². The molecule has 0 spiro atoms. The van der Waals surface area contributed by atoms with Gasteiger partial charge in [0.15, 0.2) is 0 Å². The van der Waals surface area contributed by atoms with Crippen molar-refractivity contribution in [2.45, 2.75) is 11.8 Å². The third-order valence-electron chi connectivity index (χ3n) is 2.61. The van der Waals surface area contributed by atoms with E-state index in [1.807, 2.05) is 31.2 Å². The maximum absolute atomic E-state index is 11.7. The van der Waals surface area contributed by atoms with Crippen LogP contribution in [0.3, 0.4) is 0 Å². The molecule has 1 N–H and O–H groups in total. The highest BCUT2D eigenvalue weighted by atomic mass is 35.5. The number of halogens is 1. The van der Waals surface area contributed by atoms with Crippen molar-refractivity contribution in [2.75, 3.05) is 5.75 Å². The maximum atomic E-state index is 11.7. The molecule has 1 aromatic heterocycles. The minimum atomic E-state index is -0.154. The summed E-state index contributed by atoms with van der Waals surface area (Å²) in [6, 6.07) is 11.1. The molecule has 1 amide bonds. The fraction of sp³-hybridized carbons (Fsp3) is 0.133. The van der Waals surface area contributed by atoms with Crippen molar-refractivity contribution in [3.63, 3.8) is 0 Å². The van der Waals surface area contributed by atoms with Gasteiger partial charge in [0.1, 0.15) is 0 Å². The molecule has 2 aromatic rings.